The second-order valence-electron chi connectivity index (χ2n) is 3.71. The van der Waals surface area contributed by atoms with Crippen LogP contribution in [0.5, 0.6) is 0 Å². The van der Waals surface area contributed by atoms with E-state index in [2.05, 4.69) is 16.9 Å². The third-order valence-corrected chi connectivity index (χ3v) is 2.07. The van der Waals surface area contributed by atoms with E-state index in [0.717, 1.165) is 30.1 Å². The summed E-state index contributed by atoms with van der Waals surface area (Å²) < 4.78 is 0. The topological polar surface area (TPSA) is 46.0 Å². The lowest BCUT2D eigenvalue weighted by Crippen LogP contribution is -2.13. The Balaban J connectivity index is 2.66. The first kappa shape index (κ1) is 11.1. The van der Waals surface area contributed by atoms with Crippen molar-refractivity contribution in [3.05, 3.63) is 23.3 Å². The quantitative estimate of drug-likeness (QED) is 0.795. The Morgan fingerprint density at radius 1 is 1.29 bits per heavy atom. The second-order valence-corrected chi connectivity index (χ2v) is 3.71. The molecule has 3 nitrogen and oxygen atoms in total. The van der Waals surface area contributed by atoms with Crippen LogP contribution in [-0.4, -0.2) is 21.2 Å². The molecule has 0 saturated heterocycles. The lowest BCUT2D eigenvalue weighted by molar-refractivity contribution is 0.161. The Kier molecular flexibility index (Phi) is 4.01. The van der Waals surface area contributed by atoms with E-state index >= 15 is 0 Å². The van der Waals surface area contributed by atoms with Crippen molar-refractivity contribution >= 4 is 0 Å². The van der Waals surface area contributed by atoms with Crippen LogP contribution in [0.1, 0.15) is 37.0 Å². The van der Waals surface area contributed by atoms with E-state index in [0.29, 0.717) is 6.42 Å². The Labute approximate surface area is 85.2 Å². The van der Waals surface area contributed by atoms with Crippen molar-refractivity contribution in [2.75, 3.05) is 0 Å². The van der Waals surface area contributed by atoms with Crippen molar-refractivity contribution in [2.24, 2.45) is 0 Å². The fourth-order valence-electron chi connectivity index (χ4n) is 1.54. The van der Waals surface area contributed by atoms with Gasteiger partial charge in [-0.2, -0.15) is 0 Å². The lowest BCUT2D eigenvalue weighted by atomic mass is 10.1. The van der Waals surface area contributed by atoms with Gasteiger partial charge < -0.3 is 5.11 Å². The molecule has 0 spiro atoms. The third kappa shape index (κ3) is 3.42. The van der Waals surface area contributed by atoms with E-state index in [1.165, 1.54) is 0 Å². The molecule has 1 unspecified atom stereocenters. The van der Waals surface area contributed by atoms with Gasteiger partial charge in [0.1, 0.15) is 5.82 Å². The highest BCUT2D eigenvalue weighted by molar-refractivity contribution is 5.08. The molecule has 0 saturated carbocycles. The summed E-state index contributed by atoms with van der Waals surface area (Å²) in [5.74, 6) is 0.753. The molecule has 0 amide bonds. The zero-order chi connectivity index (χ0) is 10.6. The van der Waals surface area contributed by atoms with Crippen molar-refractivity contribution in [3.8, 4) is 0 Å². The molecular weight excluding hydrogens is 176 g/mol. The molecule has 0 radical (unpaired) electrons. The molecule has 1 N–H and O–H groups in total. The summed E-state index contributed by atoms with van der Waals surface area (Å²) >= 11 is 0. The molecule has 0 bridgehead atoms. The fraction of sp³-hybridized carbons (Fsp3) is 0.636. The normalized spacial score (nSPS) is 12.9. The van der Waals surface area contributed by atoms with Crippen molar-refractivity contribution in [2.45, 2.75) is 46.1 Å². The zero-order valence-electron chi connectivity index (χ0n) is 9.12. The fourth-order valence-corrected chi connectivity index (χ4v) is 1.54. The summed E-state index contributed by atoms with van der Waals surface area (Å²) in [6, 6.07) is 1.94. The minimum absolute atomic E-state index is 0.304. The first-order chi connectivity index (χ1) is 6.61. The number of aromatic nitrogens is 2. The number of nitrogens with zero attached hydrogens (tertiary/aromatic N) is 2. The first-order valence-electron chi connectivity index (χ1n) is 5.11. The molecular formula is C11H18N2O. The van der Waals surface area contributed by atoms with Gasteiger partial charge in [0.15, 0.2) is 0 Å². The molecule has 0 aliphatic carbocycles. The highest BCUT2D eigenvalue weighted by atomic mass is 16.3. The third-order valence-electron chi connectivity index (χ3n) is 2.07. The summed E-state index contributed by atoms with van der Waals surface area (Å²) in [7, 11) is 0. The second kappa shape index (κ2) is 5.05. The summed E-state index contributed by atoms with van der Waals surface area (Å²) in [5.41, 5.74) is 1.94. The number of hydrogen-bond acceptors (Lipinski definition) is 3. The predicted molar refractivity (Wildman–Crippen MR) is 56.1 cm³/mol. The molecule has 1 aromatic rings. The Bertz CT molecular complexity index is 279. The Hall–Kier alpha value is -0.960. The van der Waals surface area contributed by atoms with E-state index < -0.39 is 0 Å². The number of aliphatic hydroxyl groups excluding tert-OH is 1. The highest BCUT2D eigenvalue weighted by Gasteiger charge is 2.07. The van der Waals surface area contributed by atoms with Crippen molar-refractivity contribution in [1.82, 2.24) is 9.97 Å². The van der Waals surface area contributed by atoms with Crippen molar-refractivity contribution in [1.29, 1.82) is 0 Å². The maximum absolute atomic E-state index is 9.60. The van der Waals surface area contributed by atoms with Gasteiger partial charge in [-0.25, -0.2) is 9.97 Å². The van der Waals surface area contributed by atoms with Crippen LogP contribution >= 0.6 is 0 Å². The molecule has 0 aliphatic heterocycles. The van der Waals surface area contributed by atoms with Crippen LogP contribution in [0.25, 0.3) is 0 Å². The number of aliphatic hydroxyl groups is 1. The monoisotopic (exact) mass is 194 g/mol. The van der Waals surface area contributed by atoms with E-state index in [-0.39, 0.29) is 6.10 Å². The number of aryl methyl sites for hydroxylation is 2. The van der Waals surface area contributed by atoms with Gasteiger partial charge in [0.25, 0.3) is 0 Å². The van der Waals surface area contributed by atoms with E-state index in [4.69, 9.17) is 0 Å². The average molecular weight is 194 g/mol. The summed E-state index contributed by atoms with van der Waals surface area (Å²) in [4.78, 5) is 8.57. The molecule has 3 heteroatoms. The van der Waals surface area contributed by atoms with Gasteiger partial charge in [-0.1, -0.05) is 13.3 Å². The summed E-state index contributed by atoms with van der Waals surface area (Å²) in [6.45, 7) is 5.96. The average Bonchev–Trinajstić information content (AvgIpc) is 2.01. The summed E-state index contributed by atoms with van der Waals surface area (Å²) in [5, 5.41) is 9.60. The van der Waals surface area contributed by atoms with Crippen LogP contribution in [0.4, 0.5) is 0 Å². The molecule has 0 aliphatic rings. The van der Waals surface area contributed by atoms with Gasteiger partial charge in [-0.05, 0) is 26.3 Å². The van der Waals surface area contributed by atoms with Crippen LogP contribution in [0.15, 0.2) is 6.07 Å². The van der Waals surface area contributed by atoms with Crippen molar-refractivity contribution in [3.63, 3.8) is 0 Å². The van der Waals surface area contributed by atoms with E-state index in [9.17, 15) is 5.11 Å². The SMILES string of the molecule is CCCC(O)Cc1nc(C)cc(C)n1. The molecule has 1 atom stereocenters. The lowest BCUT2D eigenvalue weighted by Gasteiger charge is -2.08. The zero-order valence-corrected chi connectivity index (χ0v) is 9.12. The first-order valence-corrected chi connectivity index (χ1v) is 5.11. The number of rotatable bonds is 4. The molecule has 14 heavy (non-hydrogen) atoms. The largest absolute Gasteiger partial charge is 0.393 e. The van der Waals surface area contributed by atoms with Crippen molar-refractivity contribution < 1.29 is 5.11 Å². The molecule has 78 valence electrons. The Morgan fingerprint density at radius 3 is 2.36 bits per heavy atom. The van der Waals surface area contributed by atoms with Crippen LogP contribution < -0.4 is 0 Å². The molecule has 1 rings (SSSR count). The maximum atomic E-state index is 9.60. The van der Waals surface area contributed by atoms with Gasteiger partial charge in [-0.15, -0.1) is 0 Å². The molecule has 1 heterocycles. The smallest absolute Gasteiger partial charge is 0.131 e. The molecule has 1 aromatic heterocycles. The van der Waals surface area contributed by atoms with Gasteiger partial charge in [0.05, 0.1) is 6.10 Å². The maximum Gasteiger partial charge on any atom is 0.131 e. The Morgan fingerprint density at radius 2 is 1.86 bits per heavy atom. The van der Waals surface area contributed by atoms with Crippen LogP contribution in [0.2, 0.25) is 0 Å². The van der Waals surface area contributed by atoms with Crippen LogP contribution in [-0.2, 0) is 6.42 Å². The van der Waals surface area contributed by atoms with E-state index in [1.807, 2.05) is 19.9 Å². The number of hydrogen-bond donors (Lipinski definition) is 1. The standard InChI is InChI=1S/C11H18N2O/c1-4-5-10(14)7-11-12-8(2)6-9(3)13-11/h6,10,14H,4-5,7H2,1-3H3. The van der Waals surface area contributed by atoms with Gasteiger partial charge in [0.2, 0.25) is 0 Å². The van der Waals surface area contributed by atoms with Gasteiger partial charge in [0, 0.05) is 17.8 Å². The molecule has 0 aromatic carbocycles. The molecule has 0 fully saturated rings. The minimum Gasteiger partial charge on any atom is -0.393 e. The van der Waals surface area contributed by atoms with Gasteiger partial charge >= 0.3 is 0 Å². The van der Waals surface area contributed by atoms with E-state index in [1.54, 1.807) is 0 Å². The van der Waals surface area contributed by atoms with Crippen LogP contribution in [0, 0.1) is 13.8 Å². The van der Waals surface area contributed by atoms with Gasteiger partial charge in [-0.3, -0.25) is 0 Å². The highest BCUT2D eigenvalue weighted by Crippen LogP contribution is 2.05. The predicted octanol–water partition coefficient (Wildman–Crippen LogP) is 1.80. The summed E-state index contributed by atoms with van der Waals surface area (Å²) in [6.07, 6.45) is 2.07. The minimum atomic E-state index is -0.304. The van der Waals surface area contributed by atoms with Crippen LogP contribution in [0.3, 0.4) is 0 Å².